The molecule has 0 aromatic heterocycles. The van der Waals surface area contributed by atoms with Crippen LogP contribution in [0.5, 0.6) is 0 Å². The largest absolute Gasteiger partial charge is 0.480 e. The Kier molecular flexibility index (Phi) is 7.87. The van der Waals surface area contributed by atoms with Crippen LogP contribution >= 0.6 is 0 Å². The number of aliphatic carboxylic acids is 1. The standard InChI is InChI=1S/C19H30N4O4/c1-15(22(3)16-7-5-4-6-8-16)11-20-19(26)23-9-10-27-17(13-23)12-21(2)14-18(24)25/h4-8,15,17H,9-14H2,1-3H3,(H,20,26)(H,24,25). The molecule has 2 amide bonds. The molecule has 1 aromatic rings. The summed E-state index contributed by atoms with van der Waals surface area (Å²) >= 11 is 0. The predicted octanol–water partition coefficient (Wildman–Crippen LogP) is 0.938. The van der Waals surface area contributed by atoms with Crippen molar-refractivity contribution < 1.29 is 19.4 Å². The van der Waals surface area contributed by atoms with E-state index in [0.717, 1.165) is 5.69 Å². The van der Waals surface area contributed by atoms with Gasteiger partial charge in [0.2, 0.25) is 0 Å². The van der Waals surface area contributed by atoms with Gasteiger partial charge in [-0.3, -0.25) is 9.69 Å². The van der Waals surface area contributed by atoms with Crippen LogP contribution in [-0.4, -0.2) is 92.5 Å². The Balaban J connectivity index is 1.78. The first kappa shape index (κ1) is 21.0. The van der Waals surface area contributed by atoms with E-state index in [0.29, 0.717) is 32.8 Å². The maximum atomic E-state index is 12.5. The van der Waals surface area contributed by atoms with Crippen LogP contribution in [-0.2, 0) is 9.53 Å². The van der Waals surface area contributed by atoms with Crippen LogP contribution in [0.15, 0.2) is 30.3 Å². The van der Waals surface area contributed by atoms with E-state index in [2.05, 4.69) is 17.1 Å². The summed E-state index contributed by atoms with van der Waals surface area (Å²) in [4.78, 5) is 28.8. The second kappa shape index (κ2) is 10.1. The Morgan fingerprint density at radius 3 is 2.70 bits per heavy atom. The molecule has 27 heavy (non-hydrogen) atoms. The van der Waals surface area contributed by atoms with Crippen LogP contribution in [0.25, 0.3) is 0 Å². The Morgan fingerprint density at radius 1 is 1.33 bits per heavy atom. The number of nitrogens with zero attached hydrogens (tertiary/aromatic N) is 3. The molecule has 0 bridgehead atoms. The molecule has 8 nitrogen and oxygen atoms in total. The van der Waals surface area contributed by atoms with E-state index in [-0.39, 0.29) is 24.7 Å². The molecule has 2 rings (SSSR count). The number of likely N-dealkylation sites (N-methyl/N-ethyl adjacent to an activating group) is 2. The SMILES string of the molecule is CC(CNC(=O)N1CCOC(CN(C)CC(=O)O)C1)N(C)c1ccccc1. The van der Waals surface area contributed by atoms with Crippen molar-refractivity contribution >= 4 is 17.7 Å². The summed E-state index contributed by atoms with van der Waals surface area (Å²) in [5.41, 5.74) is 1.10. The quantitative estimate of drug-likeness (QED) is 0.700. The molecule has 0 spiro atoms. The van der Waals surface area contributed by atoms with Crippen molar-refractivity contribution in [3.8, 4) is 0 Å². The summed E-state index contributed by atoms with van der Waals surface area (Å²) in [5, 5.41) is 11.8. The van der Waals surface area contributed by atoms with Crippen LogP contribution in [0.3, 0.4) is 0 Å². The van der Waals surface area contributed by atoms with E-state index in [1.165, 1.54) is 0 Å². The lowest BCUT2D eigenvalue weighted by Crippen LogP contribution is -2.53. The molecule has 1 heterocycles. The molecular weight excluding hydrogens is 348 g/mol. The van der Waals surface area contributed by atoms with Crippen LogP contribution in [0.1, 0.15) is 6.92 Å². The first-order valence-electron chi connectivity index (χ1n) is 9.19. The minimum atomic E-state index is -0.876. The van der Waals surface area contributed by atoms with E-state index in [1.807, 2.05) is 37.4 Å². The molecule has 1 aromatic carbocycles. The number of carboxylic acid groups (broad SMARTS) is 1. The number of morpholine rings is 1. The average molecular weight is 378 g/mol. The predicted molar refractivity (Wildman–Crippen MR) is 104 cm³/mol. The zero-order valence-electron chi connectivity index (χ0n) is 16.3. The van der Waals surface area contributed by atoms with Gasteiger partial charge < -0.3 is 25.0 Å². The lowest BCUT2D eigenvalue weighted by Gasteiger charge is -2.35. The molecule has 1 aliphatic heterocycles. The number of hydrogen-bond donors (Lipinski definition) is 2. The Morgan fingerprint density at radius 2 is 2.04 bits per heavy atom. The maximum Gasteiger partial charge on any atom is 0.317 e. The average Bonchev–Trinajstić information content (AvgIpc) is 2.65. The number of rotatable bonds is 8. The highest BCUT2D eigenvalue weighted by Gasteiger charge is 2.26. The number of carbonyl (C=O) groups is 2. The summed E-state index contributed by atoms with van der Waals surface area (Å²) in [6.45, 7) is 4.48. The van der Waals surface area contributed by atoms with Gasteiger partial charge in [-0.1, -0.05) is 18.2 Å². The molecule has 8 heteroatoms. The summed E-state index contributed by atoms with van der Waals surface area (Å²) < 4.78 is 5.67. The third-order valence-electron chi connectivity index (χ3n) is 4.72. The van der Waals surface area contributed by atoms with Gasteiger partial charge in [-0.15, -0.1) is 0 Å². The van der Waals surface area contributed by atoms with E-state index < -0.39 is 5.97 Å². The van der Waals surface area contributed by atoms with Gasteiger partial charge in [0.05, 0.1) is 19.3 Å². The molecule has 1 fully saturated rings. The van der Waals surface area contributed by atoms with Gasteiger partial charge in [0.1, 0.15) is 0 Å². The van der Waals surface area contributed by atoms with Gasteiger partial charge in [0, 0.05) is 45.0 Å². The summed E-state index contributed by atoms with van der Waals surface area (Å²) in [6.07, 6.45) is -0.182. The fraction of sp³-hybridized carbons (Fsp3) is 0.579. The smallest absolute Gasteiger partial charge is 0.317 e. The highest BCUT2D eigenvalue weighted by molar-refractivity contribution is 5.74. The zero-order chi connectivity index (χ0) is 19.8. The zero-order valence-corrected chi connectivity index (χ0v) is 16.3. The van der Waals surface area contributed by atoms with Gasteiger partial charge in [-0.05, 0) is 26.1 Å². The van der Waals surface area contributed by atoms with Crippen LogP contribution < -0.4 is 10.2 Å². The molecule has 2 N–H and O–H groups in total. The number of anilines is 1. The number of carboxylic acids is 1. The van der Waals surface area contributed by atoms with E-state index in [1.54, 1.807) is 16.8 Å². The van der Waals surface area contributed by atoms with Crippen molar-refractivity contribution in [2.45, 2.75) is 19.1 Å². The normalized spacial score (nSPS) is 18.2. The molecule has 0 saturated carbocycles. The lowest BCUT2D eigenvalue weighted by atomic mass is 10.2. The summed E-state index contributed by atoms with van der Waals surface area (Å²) in [6, 6.07) is 10.1. The van der Waals surface area contributed by atoms with Crippen LogP contribution in [0.2, 0.25) is 0 Å². The van der Waals surface area contributed by atoms with Gasteiger partial charge in [0.15, 0.2) is 0 Å². The molecule has 1 aliphatic rings. The van der Waals surface area contributed by atoms with E-state index >= 15 is 0 Å². The summed E-state index contributed by atoms with van der Waals surface area (Å²) in [7, 11) is 3.74. The molecule has 0 aliphatic carbocycles. The number of ether oxygens (including phenoxy) is 1. The molecule has 2 atom stereocenters. The minimum absolute atomic E-state index is 0.0462. The monoisotopic (exact) mass is 378 g/mol. The number of nitrogens with one attached hydrogen (secondary N) is 1. The van der Waals surface area contributed by atoms with Crippen molar-refractivity contribution in [1.82, 2.24) is 15.1 Å². The van der Waals surface area contributed by atoms with Crippen LogP contribution in [0, 0.1) is 0 Å². The lowest BCUT2D eigenvalue weighted by molar-refractivity contribution is -0.138. The molecule has 150 valence electrons. The molecular formula is C19H30N4O4. The highest BCUT2D eigenvalue weighted by atomic mass is 16.5. The molecule has 2 unspecified atom stereocenters. The van der Waals surface area contributed by atoms with Crippen LogP contribution in [0.4, 0.5) is 10.5 Å². The number of para-hydroxylation sites is 1. The second-order valence-electron chi connectivity index (χ2n) is 7.01. The first-order chi connectivity index (χ1) is 12.9. The molecule has 0 radical (unpaired) electrons. The topological polar surface area (TPSA) is 85.4 Å². The Bertz CT molecular complexity index is 613. The fourth-order valence-corrected chi connectivity index (χ4v) is 3.06. The highest BCUT2D eigenvalue weighted by Crippen LogP contribution is 2.14. The third kappa shape index (κ3) is 6.73. The van der Waals surface area contributed by atoms with Gasteiger partial charge >= 0.3 is 12.0 Å². The maximum absolute atomic E-state index is 12.5. The third-order valence-corrected chi connectivity index (χ3v) is 4.72. The van der Waals surface area contributed by atoms with E-state index in [4.69, 9.17) is 9.84 Å². The van der Waals surface area contributed by atoms with Gasteiger partial charge in [-0.2, -0.15) is 0 Å². The Hall–Kier alpha value is -2.32. The molecule has 1 saturated heterocycles. The summed E-state index contributed by atoms with van der Waals surface area (Å²) in [5.74, 6) is -0.876. The fourth-order valence-electron chi connectivity index (χ4n) is 3.06. The van der Waals surface area contributed by atoms with Crippen molar-refractivity contribution in [3.63, 3.8) is 0 Å². The van der Waals surface area contributed by atoms with Crippen molar-refractivity contribution in [2.24, 2.45) is 0 Å². The van der Waals surface area contributed by atoms with Crippen molar-refractivity contribution in [1.29, 1.82) is 0 Å². The number of carbonyl (C=O) groups excluding carboxylic acids is 1. The second-order valence-corrected chi connectivity index (χ2v) is 7.01. The Labute approximate surface area is 160 Å². The number of urea groups is 1. The first-order valence-corrected chi connectivity index (χ1v) is 9.19. The van der Waals surface area contributed by atoms with Crippen molar-refractivity contribution in [3.05, 3.63) is 30.3 Å². The van der Waals surface area contributed by atoms with Gasteiger partial charge in [0.25, 0.3) is 0 Å². The number of benzene rings is 1. The minimum Gasteiger partial charge on any atom is -0.480 e. The number of hydrogen-bond acceptors (Lipinski definition) is 5. The van der Waals surface area contributed by atoms with E-state index in [9.17, 15) is 9.59 Å². The van der Waals surface area contributed by atoms with Gasteiger partial charge in [-0.25, -0.2) is 4.79 Å². The number of amides is 2. The van der Waals surface area contributed by atoms with Crippen molar-refractivity contribution in [2.75, 3.05) is 58.3 Å².